The van der Waals surface area contributed by atoms with Gasteiger partial charge in [-0.3, -0.25) is 14.4 Å². The van der Waals surface area contributed by atoms with E-state index in [-0.39, 0.29) is 43.7 Å². The lowest BCUT2D eigenvalue weighted by Gasteiger charge is -2.23. The molecule has 2 aliphatic rings. The van der Waals surface area contributed by atoms with Crippen LogP contribution in [0, 0.1) is 0 Å². The van der Waals surface area contributed by atoms with Crippen LogP contribution in [0.5, 0.6) is 11.5 Å². The van der Waals surface area contributed by atoms with Crippen LogP contribution in [-0.2, 0) is 24.3 Å². The molecule has 4 heterocycles. The Morgan fingerprint density at radius 2 is 1.85 bits per heavy atom. The van der Waals surface area contributed by atoms with Crippen LogP contribution in [0.1, 0.15) is 45.5 Å². The number of fused-ring (bicyclic) bond motifs is 4. The molecule has 14 nitrogen and oxygen atoms in total. The van der Waals surface area contributed by atoms with E-state index < -0.39 is 11.9 Å². The van der Waals surface area contributed by atoms with E-state index in [1.54, 1.807) is 29.1 Å². The van der Waals surface area contributed by atoms with E-state index in [4.69, 9.17) is 19.6 Å². The number of aromatic nitrogens is 5. The van der Waals surface area contributed by atoms with Gasteiger partial charge in [0.25, 0.3) is 11.8 Å². The van der Waals surface area contributed by atoms with Crippen molar-refractivity contribution in [2.75, 3.05) is 46.4 Å². The van der Waals surface area contributed by atoms with Crippen LogP contribution in [0.3, 0.4) is 0 Å². The van der Waals surface area contributed by atoms with E-state index >= 15 is 0 Å². The predicted octanol–water partition coefficient (Wildman–Crippen LogP) is 1.44. The fourth-order valence-electron chi connectivity index (χ4n) is 5.54. The van der Waals surface area contributed by atoms with Gasteiger partial charge in [-0.05, 0) is 25.1 Å². The number of benzene rings is 2. The maximum Gasteiger partial charge on any atom is 0.274 e. The van der Waals surface area contributed by atoms with Crippen molar-refractivity contribution in [1.82, 2.24) is 45.2 Å². The number of nitrogens with zero attached hydrogens (tertiary/aromatic N) is 6. The maximum absolute atomic E-state index is 13.8. The first kappa shape index (κ1) is 30.8. The number of rotatable bonds is 3. The average molecular weight is 628 g/mol. The van der Waals surface area contributed by atoms with Crippen molar-refractivity contribution < 1.29 is 23.9 Å². The first-order valence-corrected chi connectivity index (χ1v) is 15.3. The van der Waals surface area contributed by atoms with Crippen LogP contribution in [-0.4, -0.2) is 93.4 Å². The lowest BCUT2D eigenvalue weighted by Crippen LogP contribution is -2.45. The van der Waals surface area contributed by atoms with E-state index in [2.05, 4.69) is 20.9 Å². The number of methoxy groups -OCH3 is 1. The molecule has 0 saturated carbocycles. The van der Waals surface area contributed by atoms with Gasteiger partial charge in [-0.15, -0.1) is 0 Å². The molecule has 0 spiro atoms. The first-order valence-electron chi connectivity index (χ1n) is 15.3. The van der Waals surface area contributed by atoms with E-state index in [1.807, 2.05) is 41.8 Å². The van der Waals surface area contributed by atoms with E-state index in [1.165, 1.54) is 12.0 Å². The van der Waals surface area contributed by atoms with Gasteiger partial charge in [-0.1, -0.05) is 30.3 Å². The van der Waals surface area contributed by atoms with Crippen LogP contribution in [0.2, 0.25) is 0 Å². The molecule has 0 saturated heterocycles. The molecule has 2 aromatic heterocycles. The Bertz CT molecular complexity index is 1690. The largest absolute Gasteiger partial charge is 0.493 e. The number of nitrogens with one attached hydrogen (secondary N) is 3. The SMILES string of the molecule is COc1ccc2cc1OCCn1nc(-c3ccccc3)nc1[C@@H](C)NC(=O)CN(C(=O)c1cn3c(n1)CCNCC3)CCNC2=O. The van der Waals surface area contributed by atoms with Crippen molar-refractivity contribution in [2.24, 2.45) is 0 Å². The van der Waals surface area contributed by atoms with E-state index in [9.17, 15) is 14.4 Å². The molecular formula is C32H37N9O5. The van der Waals surface area contributed by atoms with E-state index in [0.717, 1.165) is 24.5 Å². The Labute approximate surface area is 266 Å². The van der Waals surface area contributed by atoms with Crippen molar-refractivity contribution >= 4 is 17.7 Å². The number of imidazole rings is 1. The molecule has 4 aromatic rings. The monoisotopic (exact) mass is 627 g/mol. The van der Waals surface area contributed by atoms with Crippen molar-refractivity contribution in [1.29, 1.82) is 0 Å². The standard InChI is InChI=1S/C32H37N9O5/c1-21-30-37-29(22-6-4-3-5-7-22)38-41(30)16-17-46-26-18-23(8-9-25(26)45-2)31(43)34-13-15-40(20-28(42)35-21)32(44)24-19-39-14-12-33-11-10-27(39)36-24/h3-9,18-19,21,33H,10-17,20H2,1-2H3,(H,34,43)(H,35,42)/t21-/m1/s1. The van der Waals surface area contributed by atoms with Crippen LogP contribution in [0.4, 0.5) is 0 Å². The number of amides is 3. The summed E-state index contributed by atoms with van der Waals surface area (Å²) in [6, 6.07) is 13.9. The number of carbonyl (C=O) groups excluding carboxylic acids is 3. The number of ether oxygens (including phenoxy) is 2. The van der Waals surface area contributed by atoms with Gasteiger partial charge >= 0.3 is 0 Å². The molecule has 6 rings (SSSR count). The third kappa shape index (κ3) is 6.86. The second-order valence-corrected chi connectivity index (χ2v) is 11.1. The lowest BCUT2D eigenvalue weighted by atomic mass is 10.2. The minimum atomic E-state index is -0.543. The molecule has 0 unspecified atom stereocenters. The van der Waals surface area contributed by atoms with Gasteiger partial charge in [0.1, 0.15) is 23.9 Å². The van der Waals surface area contributed by atoms with Crippen LogP contribution in [0.25, 0.3) is 11.4 Å². The maximum atomic E-state index is 13.8. The topological polar surface area (TPSA) is 158 Å². The highest BCUT2D eigenvalue weighted by atomic mass is 16.5. The zero-order chi connectivity index (χ0) is 32.0. The zero-order valence-corrected chi connectivity index (χ0v) is 25.9. The summed E-state index contributed by atoms with van der Waals surface area (Å²) in [5.41, 5.74) is 1.46. The first-order chi connectivity index (χ1) is 22.4. The van der Waals surface area contributed by atoms with Crippen molar-refractivity contribution in [3.8, 4) is 22.9 Å². The van der Waals surface area contributed by atoms with Gasteiger partial charge in [0.05, 0.1) is 26.2 Å². The zero-order valence-electron chi connectivity index (χ0n) is 25.9. The smallest absolute Gasteiger partial charge is 0.274 e. The molecule has 14 heteroatoms. The Hall–Kier alpha value is -5.24. The summed E-state index contributed by atoms with van der Waals surface area (Å²) in [5, 5.41) is 13.9. The molecule has 46 heavy (non-hydrogen) atoms. The summed E-state index contributed by atoms with van der Waals surface area (Å²) >= 11 is 0. The second kappa shape index (κ2) is 13.8. The molecule has 0 radical (unpaired) electrons. The Morgan fingerprint density at radius 3 is 2.67 bits per heavy atom. The van der Waals surface area contributed by atoms with Crippen molar-refractivity contribution in [3.05, 3.63) is 77.6 Å². The normalized spacial score (nSPS) is 17.8. The van der Waals surface area contributed by atoms with Crippen LogP contribution >= 0.6 is 0 Å². The quantitative estimate of drug-likeness (QED) is 0.306. The highest BCUT2D eigenvalue weighted by Gasteiger charge is 2.26. The molecule has 3 amide bonds. The molecule has 2 aromatic carbocycles. The minimum absolute atomic E-state index is 0.0873. The third-order valence-electron chi connectivity index (χ3n) is 7.91. The van der Waals surface area contributed by atoms with Crippen molar-refractivity contribution in [3.63, 3.8) is 0 Å². The third-order valence-corrected chi connectivity index (χ3v) is 7.91. The lowest BCUT2D eigenvalue weighted by molar-refractivity contribution is -0.122. The molecule has 0 fully saturated rings. The molecule has 2 bridgehead atoms. The Balaban J connectivity index is 1.31. The summed E-state index contributed by atoms with van der Waals surface area (Å²) in [6.45, 7) is 4.53. The molecule has 3 N–H and O–H groups in total. The number of hydrogen-bond donors (Lipinski definition) is 3. The summed E-state index contributed by atoms with van der Waals surface area (Å²) < 4.78 is 15.2. The van der Waals surface area contributed by atoms with E-state index in [0.29, 0.717) is 48.2 Å². The molecule has 0 aliphatic carbocycles. The molecule has 1 atom stereocenters. The van der Waals surface area contributed by atoms with Gasteiger partial charge in [0.2, 0.25) is 5.91 Å². The average Bonchev–Trinajstić information content (AvgIpc) is 3.62. The van der Waals surface area contributed by atoms with Gasteiger partial charge in [0.15, 0.2) is 17.3 Å². The predicted molar refractivity (Wildman–Crippen MR) is 168 cm³/mol. The van der Waals surface area contributed by atoms with Crippen molar-refractivity contribution in [2.45, 2.75) is 32.5 Å². The summed E-state index contributed by atoms with van der Waals surface area (Å²) in [6.07, 6.45) is 2.43. The molecular weight excluding hydrogens is 590 g/mol. The second-order valence-electron chi connectivity index (χ2n) is 11.1. The Morgan fingerprint density at radius 1 is 1.00 bits per heavy atom. The van der Waals surface area contributed by atoms with Gasteiger partial charge in [-0.25, -0.2) is 14.6 Å². The van der Waals surface area contributed by atoms with Gasteiger partial charge in [0, 0.05) is 56.5 Å². The fraction of sp³-hybridized carbons (Fsp3) is 0.375. The number of hydrogen-bond acceptors (Lipinski definition) is 9. The fourth-order valence-corrected chi connectivity index (χ4v) is 5.54. The van der Waals surface area contributed by atoms with Gasteiger partial charge in [-0.2, -0.15) is 5.10 Å². The molecule has 2 aliphatic heterocycles. The minimum Gasteiger partial charge on any atom is -0.493 e. The summed E-state index contributed by atoms with van der Waals surface area (Å²) in [7, 11) is 1.53. The number of carbonyl (C=O) groups is 3. The summed E-state index contributed by atoms with van der Waals surface area (Å²) in [5.74, 6) is 1.60. The highest BCUT2D eigenvalue weighted by Crippen LogP contribution is 2.28. The summed E-state index contributed by atoms with van der Waals surface area (Å²) in [4.78, 5) is 51.1. The van der Waals surface area contributed by atoms with Crippen LogP contribution < -0.4 is 25.4 Å². The highest BCUT2D eigenvalue weighted by molar-refractivity contribution is 5.96. The molecule has 240 valence electrons. The Kier molecular flexibility index (Phi) is 9.24. The van der Waals surface area contributed by atoms with Gasteiger partial charge < -0.3 is 34.9 Å². The van der Waals surface area contributed by atoms with Crippen LogP contribution in [0.15, 0.2) is 54.7 Å².